The smallest absolute Gasteiger partial charge is 0.228 e. The van der Waals surface area contributed by atoms with Crippen LogP contribution in [-0.4, -0.2) is 30.0 Å². The Balaban J connectivity index is 2.15. The van der Waals surface area contributed by atoms with Crippen LogP contribution in [0.4, 0.5) is 0 Å². The van der Waals surface area contributed by atoms with Gasteiger partial charge >= 0.3 is 0 Å². The quantitative estimate of drug-likeness (QED) is 0.437. The SMILES string of the molecule is C=CC[C@]1([N+](=O)[O-])CCC[C@H]1[C@H](C)C1OCCCO1. The summed E-state index contributed by atoms with van der Waals surface area (Å²) in [5, 5.41) is 11.6. The standard InChI is InChI=1S/C14H23NO4/c1-3-7-14(15(16)17)8-4-6-12(14)11(2)13-18-9-5-10-19-13/h3,11-13H,1,4-10H2,2H3/t11-,12-,14-/m0/s1. The molecule has 1 saturated heterocycles. The van der Waals surface area contributed by atoms with Gasteiger partial charge in [0.15, 0.2) is 6.29 Å². The predicted molar refractivity (Wildman–Crippen MR) is 71.4 cm³/mol. The highest BCUT2D eigenvalue weighted by molar-refractivity contribution is 4.99. The molecular formula is C14H23NO4. The fourth-order valence-corrected chi connectivity index (χ4v) is 3.64. The van der Waals surface area contributed by atoms with Crippen LogP contribution in [0.1, 0.15) is 39.0 Å². The number of hydrogen-bond donors (Lipinski definition) is 0. The highest BCUT2D eigenvalue weighted by atomic mass is 16.7. The van der Waals surface area contributed by atoms with E-state index in [1.807, 2.05) is 6.92 Å². The van der Waals surface area contributed by atoms with Crippen molar-refractivity contribution in [1.82, 2.24) is 0 Å². The minimum atomic E-state index is -0.870. The first-order valence-electron chi connectivity index (χ1n) is 7.10. The van der Waals surface area contributed by atoms with E-state index in [9.17, 15) is 10.1 Å². The Hall–Kier alpha value is -0.940. The lowest BCUT2D eigenvalue weighted by atomic mass is 9.76. The van der Waals surface area contributed by atoms with Crippen molar-refractivity contribution in [2.75, 3.05) is 13.2 Å². The van der Waals surface area contributed by atoms with Gasteiger partial charge in [0.25, 0.3) is 0 Å². The van der Waals surface area contributed by atoms with Crippen molar-refractivity contribution in [2.45, 2.75) is 50.9 Å². The highest BCUT2D eigenvalue weighted by Crippen LogP contribution is 2.46. The topological polar surface area (TPSA) is 61.6 Å². The number of hydrogen-bond acceptors (Lipinski definition) is 4. The molecule has 5 nitrogen and oxygen atoms in total. The first-order valence-corrected chi connectivity index (χ1v) is 7.10. The Morgan fingerprint density at radius 3 is 2.74 bits per heavy atom. The summed E-state index contributed by atoms with van der Waals surface area (Å²) >= 11 is 0. The Bertz CT molecular complexity index is 340. The minimum absolute atomic E-state index is 0.00333. The van der Waals surface area contributed by atoms with Crippen LogP contribution in [0, 0.1) is 22.0 Å². The molecular weight excluding hydrogens is 246 g/mol. The van der Waals surface area contributed by atoms with Crippen LogP contribution in [0.15, 0.2) is 12.7 Å². The van der Waals surface area contributed by atoms with Crippen LogP contribution in [0.3, 0.4) is 0 Å². The summed E-state index contributed by atoms with van der Waals surface area (Å²) in [5.74, 6) is 0.0525. The summed E-state index contributed by atoms with van der Waals surface area (Å²) in [6, 6.07) is 0. The second kappa shape index (κ2) is 6.01. The van der Waals surface area contributed by atoms with Gasteiger partial charge in [0.1, 0.15) is 0 Å². The molecule has 0 aromatic carbocycles. The normalized spacial score (nSPS) is 34.1. The van der Waals surface area contributed by atoms with Crippen LogP contribution in [-0.2, 0) is 9.47 Å². The average molecular weight is 269 g/mol. The third kappa shape index (κ3) is 2.67. The maximum absolute atomic E-state index is 11.6. The Kier molecular flexibility index (Phi) is 4.58. The molecule has 19 heavy (non-hydrogen) atoms. The molecule has 5 heteroatoms. The summed E-state index contributed by atoms with van der Waals surface area (Å²) in [4.78, 5) is 11.5. The Morgan fingerprint density at radius 2 is 2.16 bits per heavy atom. The third-order valence-corrected chi connectivity index (χ3v) is 4.59. The van der Waals surface area contributed by atoms with Gasteiger partial charge in [-0.3, -0.25) is 10.1 Å². The molecule has 0 aromatic heterocycles. The molecule has 1 aliphatic heterocycles. The van der Waals surface area contributed by atoms with Gasteiger partial charge in [-0.25, -0.2) is 0 Å². The van der Waals surface area contributed by atoms with E-state index < -0.39 is 5.54 Å². The molecule has 2 rings (SSSR count). The molecule has 2 aliphatic rings. The Morgan fingerprint density at radius 1 is 1.47 bits per heavy atom. The highest BCUT2D eigenvalue weighted by Gasteiger charge is 2.56. The van der Waals surface area contributed by atoms with Gasteiger partial charge in [-0.15, -0.1) is 6.58 Å². The summed E-state index contributed by atoms with van der Waals surface area (Å²) in [7, 11) is 0. The molecule has 1 aliphatic carbocycles. The summed E-state index contributed by atoms with van der Waals surface area (Å²) < 4.78 is 11.3. The van der Waals surface area contributed by atoms with Crippen molar-refractivity contribution >= 4 is 0 Å². The Labute approximate surface area is 114 Å². The van der Waals surface area contributed by atoms with E-state index in [-0.39, 0.29) is 23.0 Å². The lowest BCUT2D eigenvalue weighted by molar-refractivity contribution is -0.580. The molecule has 2 fully saturated rings. The van der Waals surface area contributed by atoms with Gasteiger partial charge in [-0.1, -0.05) is 13.0 Å². The van der Waals surface area contributed by atoms with E-state index in [0.29, 0.717) is 26.1 Å². The van der Waals surface area contributed by atoms with Gasteiger partial charge in [-0.2, -0.15) is 0 Å². The molecule has 0 amide bonds. The number of ether oxygens (including phenoxy) is 2. The zero-order valence-electron chi connectivity index (χ0n) is 11.5. The molecule has 0 spiro atoms. The summed E-state index contributed by atoms with van der Waals surface area (Å²) in [6.07, 6.45) is 5.13. The summed E-state index contributed by atoms with van der Waals surface area (Å²) in [5.41, 5.74) is -0.870. The predicted octanol–water partition coefficient (Wildman–Crippen LogP) is 2.78. The largest absolute Gasteiger partial charge is 0.352 e. The molecule has 1 heterocycles. The molecule has 108 valence electrons. The fourth-order valence-electron chi connectivity index (χ4n) is 3.64. The second-order valence-corrected chi connectivity index (χ2v) is 5.67. The number of nitrogens with zero attached hydrogens (tertiary/aromatic N) is 1. The maximum atomic E-state index is 11.6. The van der Waals surface area contributed by atoms with Crippen LogP contribution < -0.4 is 0 Å². The van der Waals surface area contributed by atoms with Gasteiger partial charge in [0, 0.05) is 29.6 Å². The van der Waals surface area contributed by atoms with Crippen molar-refractivity contribution in [3.05, 3.63) is 22.8 Å². The van der Waals surface area contributed by atoms with E-state index in [0.717, 1.165) is 19.3 Å². The molecule has 0 unspecified atom stereocenters. The second-order valence-electron chi connectivity index (χ2n) is 5.67. The molecule has 3 atom stereocenters. The fraction of sp³-hybridized carbons (Fsp3) is 0.857. The van der Waals surface area contributed by atoms with Crippen LogP contribution in [0.5, 0.6) is 0 Å². The molecule has 0 radical (unpaired) electrons. The van der Waals surface area contributed by atoms with E-state index >= 15 is 0 Å². The number of rotatable bonds is 5. The van der Waals surface area contributed by atoms with Crippen molar-refractivity contribution in [3.63, 3.8) is 0 Å². The first-order chi connectivity index (χ1) is 9.12. The molecule has 0 N–H and O–H groups in total. The van der Waals surface area contributed by atoms with Crippen LogP contribution >= 0.6 is 0 Å². The van der Waals surface area contributed by atoms with Gasteiger partial charge in [-0.05, 0) is 19.3 Å². The van der Waals surface area contributed by atoms with Gasteiger partial charge in [0.2, 0.25) is 5.54 Å². The monoisotopic (exact) mass is 269 g/mol. The van der Waals surface area contributed by atoms with Crippen molar-refractivity contribution in [2.24, 2.45) is 11.8 Å². The van der Waals surface area contributed by atoms with Gasteiger partial charge < -0.3 is 9.47 Å². The third-order valence-electron chi connectivity index (χ3n) is 4.59. The molecule has 1 saturated carbocycles. The van der Waals surface area contributed by atoms with E-state index in [2.05, 4.69) is 6.58 Å². The van der Waals surface area contributed by atoms with Crippen LogP contribution in [0.2, 0.25) is 0 Å². The van der Waals surface area contributed by atoms with Crippen LogP contribution in [0.25, 0.3) is 0 Å². The van der Waals surface area contributed by atoms with E-state index in [4.69, 9.17) is 9.47 Å². The lowest BCUT2D eigenvalue weighted by Crippen LogP contribution is -2.48. The zero-order chi connectivity index (χ0) is 13.9. The average Bonchev–Trinajstić information content (AvgIpc) is 2.84. The minimum Gasteiger partial charge on any atom is -0.352 e. The first kappa shape index (κ1) is 14.5. The van der Waals surface area contributed by atoms with E-state index in [1.165, 1.54) is 0 Å². The maximum Gasteiger partial charge on any atom is 0.228 e. The number of nitro groups is 1. The van der Waals surface area contributed by atoms with Crippen molar-refractivity contribution in [3.8, 4) is 0 Å². The van der Waals surface area contributed by atoms with Gasteiger partial charge in [0.05, 0.1) is 13.2 Å². The summed E-state index contributed by atoms with van der Waals surface area (Å²) in [6.45, 7) is 7.09. The van der Waals surface area contributed by atoms with Crippen molar-refractivity contribution < 1.29 is 14.4 Å². The molecule has 0 aromatic rings. The zero-order valence-corrected chi connectivity index (χ0v) is 11.5. The molecule has 0 bridgehead atoms. The van der Waals surface area contributed by atoms with Crippen molar-refractivity contribution in [1.29, 1.82) is 0 Å². The lowest BCUT2D eigenvalue weighted by Gasteiger charge is -2.36. The van der Waals surface area contributed by atoms with E-state index in [1.54, 1.807) is 6.08 Å².